The zero-order chi connectivity index (χ0) is 15.7. The van der Waals surface area contributed by atoms with Crippen LogP contribution in [0.3, 0.4) is 0 Å². The lowest BCUT2D eigenvalue weighted by molar-refractivity contribution is -0.0336. The van der Waals surface area contributed by atoms with Gasteiger partial charge in [0.25, 0.3) is 0 Å². The van der Waals surface area contributed by atoms with Gasteiger partial charge in [-0.05, 0) is 6.92 Å². The fourth-order valence-corrected chi connectivity index (χ4v) is 3.58. The van der Waals surface area contributed by atoms with Crippen molar-refractivity contribution in [2.45, 2.75) is 45.8 Å². The van der Waals surface area contributed by atoms with Crippen LogP contribution in [-0.2, 0) is 16.7 Å². The summed E-state index contributed by atoms with van der Waals surface area (Å²) in [4.78, 5) is 7.13. The second kappa shape index (κ2) is 6.10. The van der Waals surface area contributed by atoms with E-state index in [0.717, 1.165) is 48.4 Å². The van der Waals surface area contributed by atoms with Crippen molar-refractivity contribution in [3.8, 4) is 0 Å². The van der Waals surface area contributed by atoms with Gasteiger partial charge in [0.2, 0.25) is 0 Å². The van der Waals surface area contributed by atoms with Crippen LogP contribution >= 0.6 is 11.3 Å². The average molecular weight is 321 g/mol. The van der Waals surface area contributed by atoms with Crippen LogP contribution in [-0.4, -0.2) is 34.7 Å². The van der Waals surface area contributed by atoms with Crippen molar-refractivity contribution in [2.24, 2.45) is 0 Å². The van der Waals surface area contributed by atoms with Crippen molar-refractivity contribution < 1.29 is 9.26 Å². The van der Waals surface area contributed by atoms with E-state index in [1.807, 2.05) is 13.0 Å². The molecule has 2 aromatic heterocycles. The molecule has 0 saturated carbocycles. The quantitative estimate of drug-likeness (QED) is 0.868. The second-order valence-corrected chi connectivity index (χ2v) is 7.73. The molecule has 1 saturated heterocycles. The third-order valence-corrected chi connectivity index (χ3v) is 4.72. The first kappa shape index (κ1) is 15.6. The number of morpholine rings is 1. The number of hydrogen-bond acceptors (Lipinski definition) is 6. The maximum Gasteiger partial charge on any atom is 0.133 e. The fourth-order valence-electron chi connectivity index (χ4n) is 2.50. The Morgan fingerprint density at radius 3 is 2.86 bits per heavy atom. The molecular formula is C16H23N3O2S. The Hall–Kier alpha value is -1.24. The van der Waals surface area contributed by atoms with Crippen molar-refractivity contribution in [1.29, 1.82) is 0 Å². The molecule has 5 nitrogen and oxygen atoms in total. The predicted octanol–water partition coefficient (Wildman–Crippen LogP) is 3.31. The Morgan fingerprint density at radius 1 is 1.41 bits per heavy atom. The SMILES string of the molecule is Cc1cc(CN2CCOC(c3nc(C(C)(C)C)cs3)C2)no1. The molecule has 6 heteroatoms. The summed E-state index contributed by atoms with van der Waals surface area (Å²) in [6.07, 6.45) is 0.0582. The fraction of sp³-hybridized carbons (Fsp3) is 0.625. The molecule has 1 unspecified atom stereocenters. The zero-order valence-electron chi connectivity index (χ0n) is 13.6. The Kier molecular flexibility index (Phi) is 4.34. The van der Waals surface area contributed by atoms with Crippen LogP contribution in [0.2, 0.25) is 0 Å². The molecule has 0 bridgehead atoms. The highest BCUT2D eigenvalue weighted by Gasteiger charge is 2.27. The molecule has 0 N–H and O–H groups in total. The Morgan fingerprint density at radius 2 is 2.23 bits per heavy atom. The van der Waals surface area contributed by atoms with E-state index < -0.39 is 0 Å². The maximum absolute atomic E-state index is 5.93. The summed E-state index contributed by atoms with van der Waals surface area (Å²) < 4.78 is 11.1. The van der Waals surface area contributed by atoms with Crippen molar-refractivity contribution in [2.75, 3.05) is 19.7 Å². The molecule has 1 aliphatic rings. The zero-order valence-corrected chi connectivity index (χ0v) is 14.4. The lowest BCUT2D eigenvalue weighted by Gasteiger charge is -2.31. The molecule has 120 valence electrons. The van der Waals surface area contributed by atoms with Gasteiger partial charge in [-0.3, -0.25) is 4.90 Å². The largest absolute Gasteiger partial charge is 0.368 e. The van der Waals surface area contributed by atoms with E-state index in [1.165, 1.54) is 0 Å². The minimum atomic E-state index is 0.0582. The third kappa shape index (κ3) is 3.56. The molecule has 1 fully saturated rings. The average Bonchev–Trinajstić information content (AvgIpc) is 3.08. The molecule has 22 heavy (non-hydrogen) atoms. The van der Waals surface area contributed by atoms with Gasteiger partial charge in [0.05, 0.1) is 18.0 Å². The van der Waals surface area contributed by atoms with Gasteiger partial charge in [-0.15, -0.1) is 11.3 Å². The van der Waals surface area contributed by atoms with E-state index >= 15 is 0 Å². The van der Waals surface area contributed by atoms with Crippen molar-refractivity contribution >= 4 is 11.3 Å². The number of rotatable bonds is 3. The van der Waals surface area contributed by atoms with Crippen LogP contribution in [0.1, 0.15) is 49.0 Å². The van der Waals surface area contributed by atoms with Crippen LogP contribution in [0.5, 0.6) is 0 Å². The Bertz CT molecular complexity index is 629. The smallest absolute Gasteiger partial charge is 0.133 e. The third-order valence-electron chi connectivity index (χ3n) is 3.78. The lowest BCUT2D eigenvalue weighted by atomic mass is 9.93. The van der Waals surface area contributed by atoms with E-state index in [9.17, 15) is 0 Å². The summed E-state index contributed by atoms with van der Waals surface area (Å²) in [6.45, 7) is 11.8. The molecular weight excluding hydrogens is 298 g/mol. The van der Waals surface area contributed by atoms with Gasteiger partial charge in [-0.2, -0.15) is 0 Å². The lowest BCUT2D eigenvalue weighted by Crippen LogP contribution is -2.37. The van der Waals surface area contributed by atoms with Gasteiger partial charge in [0.15, 0.2) is 0 Å². The van der Waals surface area contributed by atoms with Gasteiger partial charge in [0.1, 0.15) is 16.9 Å². The molecule has 3 heterocycles. The van der Waals surface area contributed by atoms with E-state index in [4.69, 9.17) is 14.2 Å². The minimum Gasteiger partial charge on any atom is -0.368 e. The van der Waals surface area contributed by atoms with Gasteiger partial charge in [0, 0.05) is 36.5 Å². The first-order valence-electron chi connectivity index (χ1n) is 7.64. The van der Waals surface area contributed by atoms with Crippen molar-refractivity contribution in [1.82, 2.24) is 15.0 Å². The second-order valence-electron chi connectivity index (χ2n) is 6.84. The van der Waals surface area contributed by atoms with Crippen LogP contribution in [0.15, 0.2) is 16.0 Å². The number of thiazole rings is 1. The highest BCUT2D eigenvalue weighted by atomic mass is 32.1. The molecule has 1 atom stereocenters. The first-order valence-corrected chi connectivity index (χ1v) is 8.52. The minimum absolute atomic E-state index is 0.0582. The molecule has 0 spiro atoms. The highest BCUT2D eigenvalue weighted by molar-refractivity contribution is 7.09. The molecule has 0 radical (unpaired) electrons. The number of aryl methyl sites for hydroxylation is 1. The van der Waals surface area contributed by atoms with Crippen LogP contribution in [0, 0.1) is 6.92 Å². The number of hydrogen-bond donors (Lipinski definition) is 0. The van der Waals surface area contributed by atoms with Crippen LogP contribution < -0.4 is 0 Å². The van der Waals surface area contributed by atoms with E-state index in [-0.39, 0.29) is 11.5 Å². The van der Waals surface area contributed by atoms with Crippen LogP contribution in [0.4, 0.5) is 0 Å². The molecule has 0 aliphatic carbocycles. The Balaban J connectivity index is 1.66. The summed E-state index contributed by atoms with van der Waals surface area (Å²) in [7, 11) is 0. The predicted molar refractivity (Wildman–Crippen MR) is 86.0 cm³/mol. The molecule has 2 aromatic rings. The molecule has 3 rings (SSSR count). The molecule has 1 aliphatic heterocycles. The number of aromatic nitrogens is 2. The van der Waals surface area contributed by atoms with Gasteiger partial charge in [-0.1, -0.05) is 25.9 Å². The summed E-state index contributed by atoms with van der Waals surface area (Å²) in [6, 6.07) is 1.99. The van der Waals surface area contributed by atoms with E-state index in [2.05, 4.69) is 36.2 Å². The van der Waals surface area contributed by atoms with Crippen molar-refractivity contribution in [3.05, 3.63) is 33.6 Å². The molecule has 0 amide bonds. The van der Waals surface area contributed by atoms with Gasteiger partial charge >= 0.3 is 0 Å². The Labute approximate surface area is 135 Å². The number of nitrogens with zero attached hydrogens (tertiary/aromatic N) is 3. The van der Waals surface area contributed by atoms with Gasteiger partial charge in [-0.25, -0.2) is 4.98 Å². The first-order chi connectivity index (χ1) is 10.4. The summed E-state index contributed by atoms with van der Waals surface area (Å²) in [5.41, 5.74) is 2.20. The van der Waals surface area contributed by atoms with Gasteiger partial charge < -0.3 is 9.26 Å². The topological polar surface area (TPSA) is 51.4 Å². The standard InChI is InChI=1S/C16H23N3O2S/c1-11-7-12(18-21-11)8-19-5-6-20-13(9-19)15-17-14(10-22-15)16(2,3)4/h7,10,13H,5-6,8-9H2,1-4H3. The normalized spacial score (nSPS) is 20.5. The summed E-state index contributed by atoms with van der Waals surface area (Å²) in [5, 5.41) is 7.30. The molecule has 0 aromatic carbocycles. The summed E-state index contributed by atoms with van der Waals surface area (Å²) in [5.74, 6) is 0.856. The van der Waals surface area contributed by atoms with E-state index in [1.54, 1.807) is 11.3 Å². The maximum atomic E-state index is 5.93. The van der Waals surface area contributed by atoms with E-state index in [0.29, 0.717) is 0 Å². The van der Waals surface area contributed by atoms with Crippen molar-refractivity contribution in [3.63, 3.8) is 0 Å². The highest BCUT2D eigenvalue weighted by Crippen LogP contribution is 2.30. The summed E-state index contributed by atoms with van der Waals surface area (Å²) >= 11 is 1.70. The monoisotopic (exact) mass is 321 g/mol. The number of ether oxygens (including phenoxy) is 1. The van der Waals surface area contributed by atoms with Crippen LogP contribution in [0.25, 0.3) is 0 Å².